The van der Waals surface area contributed by atoms with Gasteiger partial charge < -0.3 is 5.43 Å². The van der Waals surface area contributed by atoms with E-state index >= 15 is 0 Å². The first-order chi connectivity index (χ1) is 8.05. The zero-order valence-electron chi connectivity index (χ0n) is 10.0. The molecule has 96 valence electrons. The summed E-state index contributed by atoms with van der Waals surface area (Å²) in [6.07, 6.45) is 7.20. The van der Waals surface area contributed by atoms with Gasteiger partial charge in [-0.15, -0.1) is 0 Å². The molecule has 0 bridgehead atoms. The highest BCUT2D eigenvalue weighted by Crippen LogP contribution is 2.18. The molecule has 0 amide bonds. The fraction of sp³-hybridized carbons (Fsp3) is 0.636. The summed E-state index contributed by atoms with van der Waals surface area (Å²) in [7, 11) is -3.03. The molecular formula is C11H19N3O2S. The van der Waals surface area contributed by atoms with Crippen molar-refractivity contribution in [3.8, 4) is 0 Å². The van der Waals surface area contributed by atoms with Crippen LogP contribution >= 0.6 is 0 Å². The van der Waals surface area contributed by atoms with Crippen molar-refractivity contribution in [2.75, 3.05) is 31.3 Å². The number of aromatic nitrogens is 1. The molecule has 0 radical (unpaired) electrons. The summed E-state index contributed by atoms with van der Waals surface area (Å²) in [5.74, 6) is 0.390. The molecule has 1 aromatic heterocycles. The van der Waals surface area contributed by atoms with Crippen LogP contribution in [0.5, 0.6) is 0 Å². The third-order valence-corrected chi connectivity index (χ3v) is 4.39. The number of rotatable bonds is 4. The third kappa shape index (κ3) is 3.47. The van der Waals surface area contributed by atoms with Gasteiger partial charge in [0.05, 0.1) is 6.26 Å². The molecule has 0 aliphatic carbocycles. The van der Waals surface area contributed by atoms with Crippen LogP contribution in [0.1, 0.15) is 12.8 Å². The topological polar surface area (TPSA) is 54.3 Å². The second-order valence-electron chi connectivity index (χ2n) is 4.58. The normalized spacial score (nSPS) is 22.5. The minimum atomic E-state index is -3.03. The van der Waals surface area contributed by atoms with Gasteiger partial charge in [0.1, 0.15) is 0 Å². The molecule has 1 aliphatic rings. The summed E-state index contributed by atoms with van der Waals surface area (Å²) in [4.78, 5) is 0. The summed E-state index contributed by atoms with van der Waals surface area (Å²) >= 11 is 0. The number of nitrogens with zero attached hydrogens (tertiary/aromatic N) is 2. The average molecular weight is 257 g/mol. The Morgan fingerprint density at radius 2 is 2.06 bits per heavy atom. The van der Waals surface area contributed by atoms with E-state index in [0.29, 0.717) is 19.0 Å². The molecule has 1 fully saturated rings. The monoisotopic (exact) mass is 257 g/mol. The first kappa shape index (κ1) is 12.4. The van der Waals surface area contributed by atoms with Gasteiger partial charge in [-0.3, -0.25) is 4.68 Å². The maximum absolute atomic E-state index is 11.5. The van der Waals surface area contributed by atoms with Gasteiger partial charge in [0, 0.05) is 32.0 Å². The van der Waals surface area contributed by atoms with E-state index in [1.807, 2.05) is 29.2 Å². The molecule has 0 spiro atoms. The van der Waals surface area contributed by atoms with E-state index < -0.39 is 10.0 Å². The lowest BCUT2D eigenvalue weighted by Crippen LogP contribution is -2.41. The Balaban J connectivity index is 1.85. The Morgan fingerprint density at radius 1 is 1.35 bits per heavy atom. The van der Waals surface area contributed by atoms with Crippen molar-refractivity contribution in [3.05, 3.63) is 24.5 Å². The van der Waals surface area contributed by atoms with Gasteiger partial charge in [-0.2, -0.15) is 0 Å². The molecule has 1 N–H and O–H groups in total. The maximum atomic E-state index is 11.5. The predicted molar refractivity (Wildman–Crippen MR) is 67.8 cm³/mol. The van der Waals surface area contributed by atoms with Crippen molar-refractivity contribution in [3.63, 3.8) is 0 Å². The zero-order valence-corrected chi connectivity index (χ0v) is 10.9. The Morgan fingerprint density at radius 3 is 2.71 bits per heavy atom. The van der Waals surface area contributed by atoms with Crippen molar-refractivity contribution in [1.29, 1.82) is 0 Å². The first-order valence-electron chi connectivity index (χ1n) is 5.87. The first-order valence-corrected chi connectivity index (χ1v) is 7.72. The Hall–Kier alpha value is -1.01. The smallest absolute Gasteiger partial charge is 0.211 e. The number of piperidine rings is 1. The lowest BCUT2D eigenvalue weighted by molar-refractivity contribution is 0.273. The summed E-state index contributed by atoms with van der Waals surface area (Å²) in [5.41, 5.74) is 3.26. The minimum absolute atomic E-state index is 0.390. The number of hydrogen-bond donors (Lipinski definition) is 1. The number of hydrogen-bond acceptors (Lipinski definition) is 3. The molecule has 1 aromatic rings. The van der Waals surface area contributed by atoms with E-state index in [1.165, 1.54) is 6.26 Å². The predicted octanol–water partition coefficient (Wildman–Crippen LogP) is 0.703. The molecule has 1 unspecified atom stereocenters. The van der Waals surface area contributed by atoms with Gasteiger partial charge >= 0.3 is 0 Å². The van der Waals surface area contributed by atoms with Crippen molar-refractivity contribution in [2.24, 2.45) is 5.92 Å². The van der Waals surface area contributed by atoms with Gasteiger partial charge in [-0.05, 0) is 30.9 Å². The van der Waals surface area contributed by atoms with Crippen LogP contribution < -0.4 is 5.43 Å². The minimum Gasteiger partial charge on any atom is -0.326 e. The van der Waals surface area contributed by atoms with E-state index in [1.54, 1.807) is 4.31 Å². The molecule has 1 atom stereocenters. The fourth-order valence-electron chi connectivity index (χ4n) is 2.17. The van der Waals surface area contributed by atoms with Crippen LogP contribution in [0.15, 0.2) is 24.5 Å². The van der Waals surface area contributed by atoms with E-state index in [0.717, 1.165) is 19.4 Å². The van der Waals surface area contributed by atoms with Crippen LogP contribution in [0.3, 0.4) is 0 Å². The van der Waals surface area contributed by atoms with Crippen LogP contribution in [0.2, 0.25) is 0 Å². The highest BCUT2D eigenvalue weighted by Gasteiger charge is 2.25. The molecule has 0 aromatic carbocycles. The molecule has 17 heavy (non-hydrogen) atoms. The van der Waals surface area contributed by atoms with Gasteiger partial charge in [-0.25, -0.2) is 12.7 Å². The van der Waals surface area contributed by atoms with Crippen LogP contribution in [0, 0.1) is 5.92 Å². The van der Waals surface area contributed by atoms with Gasteiger partial charge in [0.15, 0.2) is 0 Å². The molecule has 1 aliphatic heterocycles. The molecule has 0 saturated carbocycles. The second-order valence-corrected chi connectivity index (χ2v) is 6.56. The van der Waals surface area contributed by atoms with Gasteiger partial charge in [-0.1, -0.05) is 0 Å². The molecule has 6 heteroatoms. The number of nitrogens with one attached hydrogen (secondary N) is 1. The summed E-state index contributed by atoms with van der Waals surface area (Å²) in [5, 5.41) is 0. The zero-order chi connectivity index (χ0) is 12.3. The average Bonchev–Trinajstić information content (AvgIpc) is 2.78. The molecule has 1 saturated heterocycles. The SMILES string of the molecule is CS(=O)(=O)N1CCCC(CNn2cccc2)C1. The van der Waals surface area contributed by atoms with Crippen molar-refractivity contribution in [2.45, 2.75) is 12.8 Å². The van der Waals surface area contributed by atoms with Crippen LogP contribution in [0.4, 0.5) is 0 Å². The van der Waals surface area contributed by atoms with E-state index in [2.05, 4.69) is 5.43 Å². The largest absolute Gasteiger partial charge is 0.326 e. The summed E-state index contributed by atoms with van der Waals surface area (Å²) in [6.45, 7) is 2.10. The van der Waals surface area contributed by atoms with Gasteiger partial charge in [0.25, 0.3) is 0 Å². The highest BCUT2D eigenvalue weighted by molar-refractivity contribution is 7.88. The molecule has 2 heterocycles. The van der Waals surface area contributed by atoms with Crippen LogP contribution in [-0.2, 0) is 10.0 Å². The van der Waals surface area contributed by atoms with Crippen molar-refractivity contribution < 1.29 is 8.42 Å². The quantitative estimate of drug-likeness (QED) is 0.864. The Bertz CT molecular complexity index is 441. The van der Waals surface area contributed by atoms with Crippen molar-refractivity contribution in [1.82, 2.24) is 8.98 Å². The molecular weight excluding hydrogens is 238 g/mol. The lowest BCUT2D eigenvalue weighted by atomic mass is 10.0. The highest BCUT2D eigenvalue weighted by atomic mass is 32.2. The summed E-state index contributed by atoms with van der Waals surface area (Å²) < 4.78 is 26.4. The standard InChI is InChI=1S/C11H19N3O2S/c1-17(15,16)14-8-4-5-11(10-14)9-12-13-6-2-3-7-13/h2-3,6-7,11-12H,4-5,8-10H2,1H3. The Labute approximate surface area is 102 Å². The van der Waals surface area contributed by atoms with Crippen LogP contribution in [-0.4, -0.2) is 43.3 Å². The number of sulfonamides is 1. The fourth-order valence-corrected chi connectivity index (χ4v) is 3.11. The van der Waals surface area contributed by atoms with Crippen molar-refractivity contribution >= 4 is 10.0 Å². The summed E-state index contributed by atoms with van der Waals surface area (Å²) in [6, 6.07) is 3.91. The Kier molecular flexibility index (Phi) is 3.73. The molecule has 2 rings (SSSR count). The maximum Gasteiger partial charge on any atom is 0.211 e. The third-order valence-electron chi connectivity index (χ3n) is 3.12. The van der Waals surface area contributed by atoms with Gasteiger partial charge in [0.2, 0.25) is 10.0 Å². The van der Waals surface area contributed by atoms with E-state index in [9.17, 15) is 8.42 Å². The van der Waals surface area contributed by atoms with E-state index in [4.69, 9.17) is 0 Å². The van der Waals surface area contributed by atoms with E-state index in [-0.39, 0.29) is 0 Å². The van der Waals surface area contributed by atoms with Crippen LogP contribution in [0.25, 0.3) is 0 Å². The second kappa shape index (κ2) is 5.10. The lowest BCUT2D eigenvalue weighted by Gasteiger charge is -2.31. The molecule has 5 nitrogen and oxygen atoms in total.